The standard InChI is InChI=1S/C24H22ClFN4O3/c1-3-33-21-10-15(7-8-17(21)14-5-4-6-16(26)9-14)24(32)30(2)20(13-31)18-11-27-23(25)19-12-28-29-22(18)19/h4-12,20,31H,3,13H2,1-2H3,(H,28,29)/t20-/m1/s1. The van der Waals surface area contributed by atoms with Crippen molar-refractivity contribution in [1.82, 2.24) is 20.1 Å². The fourth-order valence-corrected chi connectivity index (χ4v) is 3.97. The number of pyridine rings is 1. The number of nitrogens with zero attached hydrogens (tertiary/aromatic N) is 3. The molecule has 0 saturated carbocycles. The number of fused-ring (bicyclic) bond motifs is 1. The van der Waals surface area contributed by atoms with E-state index in [-0.39, 0.29) is 23.5 Å². The smallest absolute Gasteiger partial charge is 0.254 e. The van der Waals surface area contributed by atoms with Crippen LogP contribution in [0.4, 0.5) is 4.39 Å². The number of H-pyrrole nitrogens is 1. The Morgan fingerprint density at radius 3 is 2.82 bits per heavy atom. The van der Waals surface area contributed by atoms with E-state index in [1.807, 2.05) is 6.92 Å². The van der Waals surface area contributed by atoms with Gasteiger partial charge in [0.25, 0.3) is 5.91 Å². The van der Waals surface area contributed by atoms with Gasteiger partial charge in [-0.05, 0) is 42.8 Å². The third-order valence-electron chi connectivity index (χ3n) is 5.45. The number of rotatable bonds is 7. The number of carbonyl (C=O) groups is 1. The first-order valence-corrected chi connectivity index (χ1v) is 10.7. The molecule has 170 valence electrons. The van der Waals surface area contributed by atoms with Crippen LogP contribution in [0.1, 0.15) is 28.9 Å². The molecule has 1 atom stereocenters. The molecule has 0 aliphatic heterocycles. The van der Waals surface area contributed by atoms with Crippen molar-refractivity contribution in [2.45, 2.75) is 13.0 Å². The number of carbonyl (C=O) groups excluding carboxylic acids is 1. The van der Waals surface area contributed by atoms with Crippen LogP contribution in [0.3, 0.4) is 0 Å². The number of halogens is 2. The van der Waals surface area contributed by atoms with Gasteiger partial charge in [0.05, 0.1) is 36.4 Å². The van der Waals surface area contributed by atoms with Gasteiger partial charge in [-0.15, -0.1) is 0 Å². The molecule has 2 aromatic carbocycles. The number of ether oxygens (including phenoxy) is 1. The molecule has 4 rings (SSSR count). The van der Waals surface area contributed by atoms with Gasteiger partial charge in [-0.3, -0.25) is 9.89 Å². The molecule has 0 spiro atoms. The average Bonchev–Trinajstić information content (AvgIpc) is 3.31. The highest BCUT2D eigenvalue weighted by Gasteiger charge is 2.26. The maximum absolute atomic E-state index is 13.7. The van der Waals surface area contributed by atoms with Crippen molar-refractivity contribution in [2.75, 3.05) is 20.3 Å². The predicted octanol–water partition coefficient (Wildman–Crippen LogP) is 4.62. The fourth-order valence-electron chi connectivity index (χ4n) is 3.77. The molecule has 0 saturated heterocycles. The molecular weight excluding hydrogens is 447 g/mol. The first-order valence-electron chi connectivity index (χ1n) is 10.3. The summed E-state index contributed by atoms with van der Waals surface area (Å²) in [4.78, 5) is 18.9. The Bertz CT molecular complexity index is 1310. The van der Waals surface area contributed by atoms with E-state index in [1.165, 1.54) is 23.2 Å². The fraction of sp³-hybridized carbons (Fsp3) is 0.208. The van der Waals surface area contributed by atoms with Gasteiger partial charge in [0.15, 0.2) is 0 Å². The molecule has 0 unspecified atom stereocenters. The summed E-state index contributed by atoms with van der Waals surface area (Å²) in [6, 6.07) is 10.5. The van der Waals surface area contributed by atoms with Gasteiger partial charge in [-0.1, -0.05) is 23.7 Å². The van der Waals surface area contributed by atoms with Crippen LogP contribution >= 0.6 is 11.6 Å². The Labute approximate surface area is 194 Å². The third kappa shape index (κ3) is 4.40. The number of aromatic nitrogens is 3. The van der Waals surface area contributed by atoms with Crippen molar-refractivity contribution >= 4 is 28.4 Å². The topological polar surface area (TPSA) is 91.3 Å². The Morgan fingerprint density at radius 1 is 1.27 bits per heavy atom. The summed E-state index contributed by atoms with van der Waals surface area (Å²) in [7, 11) is 1.60. The lowest BCUT2D eigenvalue weighted by Gasteiger charge is -2.27. The lowest BCUT2D eigenvalue weighted by Crippen LogP contribution is -2.33. The maximum Gasteiger partial charge on any atom is 0.254 e. The Hall–Kier alpha value is -3.49. The van der Waals surface area contributed by atoms with E-state index >= 15 is 0 Å². The lowest BCUT2D eigenvalue weighted by molar-refractivity contribution is 0.0659. The summed E-state index contributed by atoms with van der Waals surface area (Å²) in [6.45, 7) is 1.88. The second-order valence-electron chi connectivity index (χ2n) is 7.43. The van der Waals surface area contributed by atoms with Gasteiger partial charge in [0, 0.05) is 29.9 Å². The number of amides is 1. The van der Waals surface area contributed by atoms with E-state index in [9.17, 15) is 14.3 Å². The Kier molecular flexibility index (Phi) is 6.57. The van der Waals surface area contributed by atoms with E-state index in [1.54, 1.807) is 43.6 Å². The number of aromatic amines is 1. The molecular formula is C24H22ClFN4O3. The first kappa shape index (κ1) is 22.7. The average molecular weight is 469 g/mol. The van der Waals surface area contributed by atoms with Crippen molar-refractivity contribution < 1.29 is 19.0 Å². The van der Waals surface area contributed by atoms with Gasteiger partial charge in [0.2, 0.25) is 0 Å². The number of aliphatic hydroxyl groups is 1. The zero-order chi connectivity index (χ0) is 23.5. The van der Waals surface area contributed by atoms with Gasteiger partial charge < -0.3 is 14.7 Å². The predicted molar refractivity (Wildman–Crippen MR) is 124 cm³/mol. The van der Waals surface area contributed by atoms with Crippen molar-refractivity contribution in [2.24, 2.45) is 0 Å². The Morgan fingerprint density at radius 2 is 2.09 bits per heavy atom. The van der Waals surface area contributed by atoms with Crippen molar-refractivity contribution in [3.63, 3.8) is 0 Å². The van der Waals surface area contributed by atoms with Crippen LogP contribution in [0.15, 0.2) is 54.9 Å². The molecule has 1 amide bonds. The SMILES string of the molecule is CCOc1cc(C(=O)N(C)[C@H](CO)c2cnc(Cl)c3cn[nH]c23)ccc1-c1cccc(F)c1. The van der Waals surface area contributed by atoms with E-state index in [2.05, 4.69) is 15.2 Å². The van der Waals surface area contributed by atoms with Crippen LogP contribution < -0.4 is 4.74 Å². The van der Waals surface area contributed by atoms with Crippen LogP contribution in [0.2, 0.25) is 5.15 Å². The molecule has 9 heteroatoms. The second kappa shape index (κ2) is 9.56. The summed E-state index contributed by atoms with van der Waals surface area (Å²) in [6.07, 6.45) is 3.07. The monoisotopic (exact) mass is 468 g/mol. The third-order valence-corrected chi connectivity index (χ3v) is 5.75. The summed E-state index contributed by atoms with van der Waals surface area (Å²) < 4.78 is 19.5. The number of nitrogens with one attached hydrogen (secondary N) is 1. The highest BCUT2D eigenvalue weighted by Crippen LogP contribution is 2.33. The van der Waals surface area contributed by atoms with Gasteiger partial charge >= 0.3 is 0 Å². The molecule has 4 aromatic rings. The molecule has 0 bridgehead atoms. The summed E-state index contributed by atoms with van der Waals surface area (Å²) >= 11 is 6.13. The first-order chi connectivity index (χ1) is 15.9. The maximum atomic E-state index is 13.7. The van der Waals surface area contributed by atoms with Crippen molar-refractivity contribution in [3.8, 4) is 16.9 Å². The van der Waals surface area contributed by atoms with Gasteiger partial charge in [-0.2, -0.15) is 5.10 Å². The molecule has 7 nitrogen and oxygen atoms in total. The zero-order valence-electron chi connectivity index (χ0n) is 18.0. The van der Waals surface area contributed by atoms with Crippen molar-refractivity contribution in [1.29, 1.82) is 0 Å². The van der Waals surface area contributed by atoms with E-state index in [0.717, 1.165) is 0 Å². The summed E-state index contributed by atoms with van der Waals surface area (Å²) in [5.41, 5.74) is 2.88. The molecule has 0 aliphatic carbocycles. The minimum absolute atomic E-state index is 0.280. The van der Waals surface area contributed by atoms with E-state index < -0.39 is 6.04 Å². The molecule has 2 aromatic heterocycles. The Balaban J connectivity index is 1.69. The summed E-state index contributed by atoms with van der Waals surface area (Å²) in [5.74, 6) is -0.224. The van der Waals surface area contributed by atoms with E-state index in [4.69, 9.17) is 16.3 Å². The molecule has 2 N–H and O–H groups in total. The van der Waals surface area contributed by atoms with Crippen LogP contribution in [0, 0.1) is 5.82 Å². The van der Waals surface area contributed by atoms with Crippen LogP contribution in [-0.4, -0.2) is 51.4 Å². The zero-order valence-corrected chi connectivity index (χ0v) is 18.8. The number of likely N-dealkylation sites (N-methyl/N-ethyl adjacent to an activating group) is 1. The van der Waals surface area contributed by atoms with Crippen molar-refractivity contribution in [3.05, 3.63) is 77.0 Å². The number of aliphatic hydroxyl groups excluding tert-OH is 1. The van der Waals surface area contributed by atoms with Crippen LogP contribution in [-0.2, 0) is 0 Å². The van der Waals surface area contributed by atoms with E-state index in [0.29, 0.717) is 45.5 Å². The molecule has 0 radical (unpaired) electrons. The minimum Gasteiger partial charge on any atom is -0.493 e. The second-order valence-corrected chi connectivity index (χ2v) is 7.79. The number of hydrogen-bond acceptors (Lipinski definition) is 5. The molecule has 0 fully saturated rings. The number of hydrogen-bond donors (Lipinski definition) is 2. The van der Waals surface area contributed by atoms with Crippen LogP contribution in [0.25, 0.3) is 22.0 Å². The molecule has 0 aliphatic rings. The largest absolute Gasteiger partial charge is 0.493 e. The number of benzene rings is 2. The minimum atomic E-state index is -0.691. The van der Waals surface area contributed by atoms with Gasteiger partial charge in [0.1, 0.15) is 16.7 Å². The molecule has 33 heavy (non-hydrogen) atoms. The van der Waals surface area contributed by atoms with Crippen LogP contribution in [0.5, 0.6) is 5.75 Å². The summed E-state index contributed by atoms with van der Waals surface area (Å²) in [5, 5.41) is 17.9. The van der Waals surface area contributed by atoms with Gasteiger partial charge in [-0.25, -0.2) is 9.37 Å². The molecule has 2 heterocycles. The normalized spacial score (nSPS) is 12.0. The highest BCUT2D eigenvalue weighted by molar-refractivity contribution is 6.34. The lowest BCUT2D eigenvalue weighted by atomic mass is 10.0. The highest BCUT2D eigenvalue weighted by atomic mass is 35.5. The quantitative estimate of drug-likeness (QED) is 0.386.